The molecule has 0 aromatic heterocycles. The summed E-state index contributed by atoms with van der Waals surface area (Å²) >= 11 is 0. The molecule has 0 saturated heterocycles. The van der Waals surface area contributed by atoms with Gasteiger partial charge in [0.15, 0.2) is 0 Å². The average molecular weight is 147 g/mol. The van der Waals surface area contributed by atoms with E-state index in [9.17, 15) is 0 Å². The third-order valence-electron chi connectivity index (χ3n) is 1.52. The summed E-state index contributed by atoms with van der Waals surface area (Å²) in [7, 11) is 0. The molecule has 0 bridgehead atoms. The lowest BCUT2D eigenvalue weighted by Gasteiger charge is -1.93. The molecule has 1 nitrogen and oxygen atoms in total. The second-order valence-corrected chi connectivity index (χ2v) is 2.55. The summed E-state index contributed by atoms with van der Waals surface area (Å²) in [5.41, 5.74) is 7.82. The molecule has 0 radical (unpaired) electrons. The molecule has 1 rings (SSSR count). The summed E-state index contributed by atoms with van der Waals surface area (Å²) in [5, 5.41) is 0. The highest BCUT2D eigenvalue weighted by atomic mass is 14.5. The maximum absolute atomic E-state index is 5.32. The Kier molecular flexibility index (Phi) is 2.87. The average Bonchev–Trinajstić information content (AvgIpc) is 2.04. The van der Waals surface area contributed by atoms with Crippen molar-refractivity contribution in [2.24, 2.45) is 5.73 Å². The monoisotopic (exact) mass is 147 g/mol. The summed E-state index contributed by atoms with van der Waals surface area (Å²) in [6.45, 7) is 2.68. The summed E-state index contributed by atoms with van der Waals surface area (Å²) < 4.78 is 0. The fourth-order valence-corrected chi connectivity index (χ4v) is 0.882. The lowest BCUT2D eigenvalue weighted by atomic mass is 10.1. The highest BCUT2D eigenvalue weighted by Gasteiger charge is 1.84. The minimum absolute atomic E-state index is 0.605. The highest BCUT2D eigenvalue weighted by molar-refractivity contribution is 5.49. The van der Waals surface area contributed by atoms with Crippen LogP contribution in [-0.4, -0.2) is 6.54 Å². The molecule has 2 N–H and O–H groups in total. The molecule has 0 aliphatic heterocycles. The Labute approximate surface area is 67.5 Å². The molecule has 1 heteroatoms. The van der Waals surface area contributed by atoms with E-state index in [2.05, 4.69) is 31.2 Å². The second-order valence-electron chi connectivity index (χ2n) is 2.55. The number of hydrogen-bond acceptors (Lipinski definition) is 1. The number of rotatable bonds is 2. The molecule has 0 aliphatic rings. The minimum Gasteiger partial charge on any atom is -0.327 e. The Balaban J connectivity index is 2.73. The minimum atomic E-state index is 0.605. The Morgan fingerprint density at radius 2 is 1.91 bits per heavy atom. The van der Waals surface area contributed by atoms with Crippen LogP contribution in [0.15, 0.2) is 30.3 Å². The lowest BCUT2D eigenvalue weighted by molar-refractivity contribution is 1.26. The third kappa shape index (κ3) is 2.56. The van der Waals surface area contributed by atoms with Crippen molar-refractivity contribution in [3.63, 3.8) is 0 Å². The van der Waals surface area contributed by atoms with E-state index in [4.69, 9.17) is 5.73 Å². The van der Waals surface area contributed by atoms with Crippen LogP contribution in [0.5, 0.6) is 0 Å². The van der Waals surface area contributed by atoms with Crippen molar-refractivity contribution in [3.05, 3.63) is 41.5 Å². The molecule has 1 aromatic carbocycles. The van der Waals surface area contributed by atoms with E-state index < -0.39 is 0 Å². The van der Waals surface area contributed by atoms with Crippen molar-refractivity contribution in [2.45, 2.75) is 6.92 Å². The van der Waals surface area contributed by atoms with Crippen molar-refractivity contribution in [1.82, 2.24) is 0 Å². The van der Waals surface area contributed by atoms with Gasteiger partial charge in [-0.25, -0.2) is 0 Å². The SMILES string of the molecule is Cc1ccc(/C=C\CN)cc1. The fourth-order valence-electron chi connectivity index (χ4n) is 0.882. The molecular formula is C10H13N. The summed E-state index contributed by atoms with van der Waals surface area (Å²) in [6, 6.07) is 8.36. The molecule has 0 aliphatic carbocycles. The summed E-state index contributed by atoms with van der Waals surface area (Å²) in [4.78, 5) is 0. The van der Waals surface area contributed by atoms with Crippen LogP contribution in [0, 0.1) is 6.92 Å². The predicted octanol–water partition coefficient (Wildman–Crippen LogP) is 1.97. The van der Waals surface area contributed by atoms with Crippen LogP contribution in [0.1, 0.15) is 11.1 Å². The molecule has 1 aromatic rings. The standard InChI is InChI=1S/C10H13N/c1-9-4-6-10(7-5-9)3-2-8-11/h2-7H,8,11H2,1H3/b3-2-. The van der Waals surface area contributed by atoms with Gasteiger partial charge in [-0.2, -0.15) is 0 Å². The molecule has 58 valence electrons. The third-order valence-corrected chi connectivity index (χ3v) is 1.52. The Bertz CT molecular complexity index is 234. The first-order valence-electron chi connectivity index (χ1n) is 3.76. The van der Waals surface area contributed by atoms with Gasteiger partial charge >= 0.3 is 0 Å². The zero-order chi connectivity index (χ0) is 8.10. The van der Waals surface area contributed by atoms with Crippen molar-refractivity contribution < 1.29 is 0 Å². The predicted molar refractivity (Wildman–Crippen MR) is 49.3 cm³/mol. The van der Waals surface area contributed by atoms with Crippen molar-refractivity contribution >= 4 is 6.08 Å². The smallest absolute Gasteiger partial charge is 0.0110 e. The van der Waals surface area contributed by atoms with Crippen molar-refractivity contribution in [3.8, 4) is 0 Å². The van der Waals surface area contributed by atoms with Gasteiger partial charge < -0.3 is 5.73 Å². The van der Waals surface area contributed by atoms with Gasteiger partial charge in [0.2, 0.25) is 0 Å². The van der Waals surface area contributed by atoms with Gasteiger partial charge in [-0.3, -0.25) is 0 Å². The summed E-state index contributed by atoms with van der Waals surface area (Å²) in [5.74, 6) is 0. The van der Waals surface area contributed by atoms with E-state index in [1.165, 1.54) is 11.1 Å². The highest BCUT2D eigenvalue weighted by Crippen LogP contribution is 2.04. The molecule has 0 fully saturated rings. The van der Waals surface area contributed by atoms with E-state index >= 15 is 0 Å². The fraction of sp³-hybridized carbons (Fsp3) is 0.200. The zero-order valence-electron chi connectivity index (χ0n) is 6.75. The number of benzene rings is 1. The first-order chi connectivity index (χ1) is 5.33. The summed E-state index contributed by atoms with van der Waals surface area (Å²) in [6.07, 6.45) is 3.98. The van der Waals surface area contributed by atoms with Crippen LogP contribution < -0.4 is 5.73 Å². The Morgan fingerprint density at radius 1 is 1.27 bits per heavy atom. The van der Waals surface area contributed by atoms with E-state index in [-0.39, 0.29) is 0 Å². The number of aryl methyl sites for hydroxylation is 1. The number of hydrogen-bond donors (Lipinski definition) is 1. The van der Waals surface area contributed by atoms with Crippen LogP contribution >= 0.6 is 0 Å². The normalized spacial score (nSPS) is 10.7. The van der Waals surface area contributed by atoms with E-state index in [1.807, 2.05) is 12.2 Å². The van der Waals surface area contributed by atoms with Gasteiger partial charge in [0.05, 0.1) is 0 Å². The molecule has 0 amide bonds. The van der Waals surface area contributed by atoms with E-state index in [0.717, 1.165) is 0 Å². The molecular weight excluding hydrogens is 134 g/mol. The first-order valence-corrected chi connectivity index (χ1v) is 3.76. The van der Waals surface area contributed by atoms with E-state index in [0.29, 0.717) is 6.54 Å². The maximum Gasteiger partial charge on any atom is 0.0110 e. The lowest BCUT2D eigenvalue weighted by Crippen LogP contribution is -1.91. The van der Waals surface area contributed by atoms with Crippen LogP contribution in [0.3, 0.4) is 0 Å². The van der Waals surface area contributed by atoms with Gasteiger partial charge in [-0.1, -0.05) is 42.0 Å². The van der Waals surface area contributed by atoms with Gasteiger partial charge in [0.25, 0.3) is 0 Å². The molecule has 0 unspecified atom stereocenters. The maximum atomic E-state index is 5.32. The van der Waals surface area contributed by atoms with Gasteiger partial charge in [-0.15, -0.1) is 0 Å². The van der Waals surface area contributed by atoms with Gasteiger partial charge in [0.1, 0.15) is 0 Å². The van der Waals surface area contributed by atoms with E-state index in [1.54, 1.807) is 0 Å². The van der Waals surface area contributed by atoms with Crippen LogP contribution in [-0.2, 0) is 0 Å². The quantitative estimate of drug-likeness (QED) is 0.680. The molecule has 0 saturated carbocycles. The van der Waals surface area contributed by atoms with Gasteiger partial charge in [0, 0.05) is 6.54 Å². The molecule has 11 heavy (non-hydrogen) atoms. The van der Waals surface area contributed by atoms with Crippen LogP contribution in [0.2, 0.25) is 0 Å². The van der Waals surface area contributed by atoms with Crippen LogP contribution in [0.25, 0.3) is 6.08 Å². The Morgan fingerprint density at radius 3 is 2.45 bits per heavy atom. The van der Waals surface area contributed by atoms with Crippen molar-refractivity contribution in [1.29, 1.82) is 0 Å². The second kappa shape index (κ2) is 3.94. The first kappa shape index (κ1) is 8.02. The molecule has 0 heterocycles. The van der Waals surface area contributed by atoms with Crippen molar-refractivity contribution in [2.75, 3.05) is 6.54 Å². The van der Waals surface area contributed by atoms with Crippen LogP contribution in [0.4, 0.5) is 0 Å². The number of nitrogens with two attached hydrogens (primary N) is 1. The topological polar surface area (TPSA) is 26.0 Å². The van der Waals surface area contributed by atoms with Gasteiger partial charge in [-0.05, 0) is 12.5 Å². The Hall–Kier alpha value is -1.08. The largest absolute Gasteiger partial charge is 0.327 e. The molecule has 0 atom stereocenters. The zero-order valence-corrected chi connectivity index (χ0v) is 6.75. The molecule has 0 spiro atoms.